The average Bonchev–Trinajstić information content (AvgIpc) is 2.45. The molecular formula is C17H22IN3O2S. The van der Waals surface area contributed by atoms with E-state index in [1.807, 2.05) is 49.4 Å². The maximum atomic E-state index is 11.5. The highest BCUT2D eigenvalue weighted by Crippen LogP contribution is 2.14. The molecular weight excluding hydrogens is 437 g/mol. The molecule has 0 aliphatic carbocycles. The van der Waals surface area contributed by atoms with E-state index in [-0.39, 0.29) is 29.7 Å². The zero-order valence-electron chi connectivity index (χ0n) is 13.7. The molecule has 0 aliphatic rings. The van der Waals surface area contributed by atoms with Gasteiger partial charge in [0.2, 0.25) is 0 Å². The van der Waals surface area contributed by atoms with Gasteiger partial charge in [-0.1, -0.05) is 36.4 Å². The molecule has 0 aliphatic heterocycles. The summed E-state index contributed by atoms with van der Waals surface area (Å²) in [6.07, 6.45) is 1.22. The van der Waals surface area contributed by atoms with Gasteiger partial charge in [0, 0.05) is 11.9 Å². The van der Waals surface area contributed by atoms with Crippen molar-refractivity contribution in [2.75, 3.05) is 11.6 Å². The van der Waals surface area contributed by atoms with Crippen molar-refractivity contribution < 1.29 is 8.42 Å². The topological polar surface area (TPSA) is 84.5 Å². The molecule has 0 bridgehead atoms. The molecule has 24 heavy (non-hydrogen) atoms. The first kappa shape index (κ1) is 20.4. The third-order valence-electron chi connectivity index (χ3n) is 3.25. The van der Waals surface area contributed by atoms with Crippen molar-refractivity contribution in [3.05, 3.63) is 65.2 Å². The SMILES string of the molecule is Cc1cccc(NC(N)=NCc2ccccc2CS(C)(=O)=O)c1.I. The highest BCUT2D eigenvalue weighted by molar-refractivity contribution is 14.0. The van der Waals surface area contributed by atoms with E-state index in [0.717, 1.165) is 22.4 Å². The second-order valence-corrected chi connectivity index (χ2v) is 7.67. The Labute approximate surface area is 160 Å². The normalized spacial score (nSPS) is 11.7. The molecule has 0 unspecified atom stereocenters. The van der Waals surface area contributed by atoms with Crippen molar-refractivity contribution in [1.82, 2.24) is 0 Å². The lowest BCUT2D eigenvalue weighted by Gasteiger charge is -2.09. The summed E-state index contributed by atoms with van der Waals surface area (Å²) in [4.78, 5) is 4.30. The third kappa shape index (κ3) is 6.88. The lowest BCUT2D eigenvalue weighted by molar-refractivity contribution is 0.601. The van der Waals surface area contributed by atoms with Gasteiger partial charge in [-0.15, -0.1) is 24.0 Å². The number of anilines is 1. The monoisotopic (exact) mass is 459 g/mol. The number of hydrogen-bond donors (Lipinski definition) is 2. The van der Waals surface area contributed by atoms with Gasteiger partial charge in [0.05, 0.1) is 12.3 Å². The maximum Gasteiger partial charge on any atom is 0.193 e. The van der Waals surface area contributed by atoms with Gasteiger partial charge in [-0.25, -0.2) is 13.4 Å². The molecule has 0 saturated heterocycles. The number of nitrogens with two attached hydrogens (primary N) is 1. The molecule has 5 nitrogen and oxygen atoms in total. The van der Waals surface area contributed by atoms with Gasteiger partial charge >= 0.3 is 0 Å². The zero-order chi connectivity index (χ0) is 16.9. The van der Waals surface area contributed by atoms with Crippen LogP contribution in [0, 0.1) is 6.92 Å². The Balaban J connectivity index is 0.00000288. The van der Waals surface area contributed by atoms with E-state index >= 15 is 0 Å². The fourth-order valence-corrected chi connectivity index (χ4v) is 3.06. The van der Waals surface area contributed by atoms with Gasteiger partial charge in [0.25, 0.3) is 0 Å². The van der Waals surface area contributed by atoms with E-state index in [1.165, 1.54) is 6.26 Å². The van der Waals surface area contributed by atoms with Crippen LogP contribution in [-0.4, -0.2) is 20.6 Å². The number of nitrogens with zero attached hydrogens (tertiary/aromatic N) is 1. The van der Waals surface area contributed by atoms with Gasteiger partial charge in [0.15, 0.2) is 15.8 Å². The molecule has 0 heterocycles. The Morgan fingerprint density at radius 3 is 2.42 bits per heavy atom. The van der Waals surface area contributed by atoms with E-state index in [9.17, 15) is 8.42 Å². The molecule has 0 fully saturated rings. The highest BCUT2D eigenvalue weighted by atomic mass is 127. The Hall–Kier alpha value is -1.61. The summed E-state index contributed by atoms with van der Waals surface area (Å²) in [5.74, 6) is 0.300. The van der Waals surface area contributed by atoms with Crippen LogP contribution in [0.15, 0.2) is 53.5 Å². The lowest BCUT2D eigenvalue weighted by atomic mass is 10.1. The van der Waals surface area contributed by atoms with Crippen LogP contribution in [0.25, 0.3) is 0 Å². The highest BCUT2D eigenvalue weighted by Gasteiger charge is 2.08. The first-order valence-corrected chi connectivity index (χ1v) is 9.28. The number of sulfone groups is 1. The number of hydrogen-bond acceptors (Lipinski definition) is 3. The molecule has 0 aromatic heterocycles. The van der Waals surface area contributed by atoms with Gasteiger partial charge in [-0.3, -0.25) is 0 Å². The fraction of sp³-hybridized carbons (Fsp3) is 0.235. The molecule has 2 rings (SSSR count). The molecule has 3 N–H and O–H groups in total. The first-order chi connectivity index (χ1) is 10.8. The Kier molecular flexibility index (Phi) is 7.68. The third-order valence-corrected chi connectivity index (χ3v) is 4.08. The molecule has 130 valence electrons. The summed E-state index contributed by atoms with van der Waals surface area (Å²) in [7, 11) is -3.09. The number of aryl methyl sites for hydroxylation is 1. The van der Waals surface area contributed by atoms with Crippen molar-refractivity contribution >= 4 is 45.5 Å². The average molecular weight is 459 g/mol. The minimum absolute atomic E-state index is 0. The van der Waals surface area contributed by atoms with E-state index in [1.54, 1.807) is 6.07 Å². The van der Waals surface area contributed by atoms with Gasteiger partial charge < -0.3 is 11.1 Å². The van der Waals surface area contributed by atoms with Crippen LogP contribution in [-0.2, 0) is 22.1 Å². The van der Waals surface area contributed by atoms with Crippen molar-refractivity contribution in [1.29, 1.82) is 0 Å². The van der Waals surface area contributed by atoms with Crippen molar-refractivity contribution in [2.45, 2.75) is 19.2 Å². The number of benzene rings is 2. The number of guanidine groups is 1. The van der Waals surface area contributed by atoms with Crippen LogP contribution in [0.2, 0.25) is 0 Å². The summed E-state index contributed by atoms with van der Waals surface area (Å²) in [5.41, 5.74) is 9.50. The molecule has 0 saturated carbocycles. The van der Waals surface area contributed by atoms with Crippen LogP contribution >= 0.6 is 24.0 Å². The standard InChI is InChI=1S/C17H21N3O2S.HI/c1-13-6-5-9-16(10-13)20-17(18)19-11-14-7-3-4-8-15(14)12-23(2,21)22;/h3-10H,11-12H2,1-2H3,(H3,18,19,20);1H. The van der Waals surface area contributed by atoms with Crippen molar-refractivity contribution in [3.63, 3.8) is 0 Å². The second-order valence-electron chi connectivity index (χ2n) is 5.53. The van der Waals surface area contributed by atoms with E-state index in [0.29, 0.717) is 12.5 Å². The molecule has 0 radical (unpaired) electrons. The lowest BCUT2D eigenvalue weighted by Crippen LogP contribution is -2.22. The molecule has 2 aromatic rings. The van der Waals surface area contributed by atoms with Gasteiger partial charge in [-0.2, -0.15) is 0 Å². The summed E-state index contributed by atoms with van der Waals surface area (Å²) in [6.45, 7) is 2.33. The number of halogens is 1. The van der Waals surface area contributed by atoms with Crippen LogP contribution in [0.4, 0.5) is 5.69 Å². The zero-order valence-corrected chi connectivity index (χ0v) is 16.8. The molecule has 0 atom stereocenters. The van der Waals surface area contributed by atoms with Crippen molar-refractivity contribution in [2.24, 2.45) is 10.7 Å². The number of rotatable bonds is 5. The fourth-order valence-electron chi connectivity index (χ4n) is 2.22. The van der Waals surface area contributed by atoms with Crippen LogP contribution < -0.4 is 11.1 Å². The molecule has 7 heteroatoms. The minimum atomic E-state index is -3.09. The predicted octanol–water partition coefficient (Wildman–Crippen LogP) is 3.08. The Bertz CT molecular complexity index is 820. The van der Waals surface area contributed by atoms with Crippen LogP contribution in [0.1, 0.15) is 16.7 Å². The van der Waals surface area contributed by atoms with Crippen LogP contribution in [0.3, 0.4) is 0 Å². The summed E-state index contributed by atoms with van der Waals surface area (Å²) >= 11 is 0. The van der Waals surface area contributed by atoms with E-state index in [4.69, 9.17) is 5.73 Å². The minimum Gasteiger partial charge on any atom is -0.370 e. The number of nitrogens with one attached hydrogen (secondary N) is 1. The van der Waals surface area contributed by atoms with Crippen molar-refractivity contribution in [3.8, 4) is 0 Å². The summed E-state index contributed by atoms with van der Waals surface area (Å²) in [6, 6.07) is 15.2. The first-order valence-electron chi connectivity index (χ1n) is 7.21. The van der Waals surface area contributed by atoms with Gasteiger partial charge in [0.1, 0.15) is 0 Å². The molecule has 0 spiro atoms. The molecule has 0 amide bonds. The smallest absolute Gasteiger partial charge is 0.193 e. The Morgan fingerprint density at radius 1 is 1.12 bits per heavy atom. The predicted molar refractivity (Wildman–Crippen MR) is 111 cm³/mol. The van der Waals surface area contributed by atoms with E-state index in [2.05, 4.69) is 10.3 Å². The number of aliphatic imine (C=N–C) groups is 1. The Morgan fingerprint density at radius 2 is 1.79 bits per heavy atom. The summed E-state index contributed by atoms with van der Waals surface area (Å²) < 4.78 is 23.0. The summed E-state index contributed by atoms with van der Waals surface area (Å²) in [5, 5.41) is 3.03. The maximum absolute atomic E-state index is 11.5. The second kappa shape index (κ2) is 9.03. The van der Waals surface area contributed by atoms with Gasteiger partial charge in [-0.05, 0) is 35.7 Å². The largest absolute Gasteiger partial charge is 0.370 e. The molecule has 2 aromatic carbocycles. The quantitative estimate of drug-likeness (QED) is 0.409. The van der Waals surface area contributed by atoms with E-state index < -0.39 is 9.84 Å². The van der Waals surface area contributed by atoms with Crippen LogP contribution in [0.5, 0.6) is 0 Å².